The van der Waals surface area contributed by atoms with E-state index < -0.39 is 0 Å². The summed E-state index contributed by atoms with van der Waals surface area (Å²) in [7, 11) is 4.75. The van der Waals surface area contributed by atoms with Crippen molar-refractivity contribution in [1.82, 2.24) is 4.90 Å². The van der Waals surface area contributed by atoms with Gasteiger partial charge in [0.05, 0.1) is 21.3 Å². The molecule has 2 aromatic rings. The van der Waals surface area contributed by atoms with Gasteiger partial charge in [0, 0.05) is 30.1 Å². The van der Waals surface area contributed by atoms with Crippen LogP contribution in [0.25, 0.3) is 0 Å². The molecular weight excluding hydrogens is 334 g/mol. The summed E-state index contributed by atoms with van der Waals surface area (Å²) < 4.78 is 15.8. The number of amides is 1. The van der Waals surface area contributed by atoms with Crippen LogP contribution in [0.5, 0.6) is 23.0 Å². The Balaban J connectivity index is 1.78. The number of aromatic hydroxyl groups is 1. The first kappa shape index (κ1) is 17.9. The highest BCUT2D eigenvalue weighted by Crippen LogP contribution is 2.36. The lowest BCUT2D eigenvalue weighted by molar-refractivity contribution is 0.0790. The zero-order chi connectivity index (χ0) is 18.7. The fraction of sp³-hybridized carbons (Fsp3) is 0.350. The lowest BCUT2D eigenvalue weighted by Gasteiger charge is -2.19. The van der Waals surface area contributed by atoms with Gasteiger partial charge in [0.1, 0.15) is 11.5 Å². The third kappa shape index (κ3) is 3.40. The van der Waals surface area contributed by atoms with Gasteiger partial charge in [0.25, 0.3) is 5.91 Å². The van der Waals surface area contributed by atoms with Crippen molar-refractivity contribution in [3.05, 3.63) is 47.5 Å². The Labute approximate surface area is 152 Å². The summed E-state index contributed by atoms with van der Waals surface area (Å²) in [4.78, 5) is 14.6. The summed E-state index contributed by atoms with van der Waals surface area (Å²) in [5, 5.41) is 9.91. The maximum Gasteiger partial charge on any atom is 0.254 e. The number of carbonyl (C=O) groups is 1. The van der Waals surface area contributed by atoms with Crippen molar-refractivity contribution < 1.29 is 24.1 Å². The first-order chi connectivity index (χ1) is 12.6. The molecule has 1 fully saturated rings. The van der Waals surface area contributed by atoms with Gasteiger partial charge in [-0.2, -0.15) is 0 Å². The molecule has 0 aromatic heterocycles. The van der Waals surface area contributed by atoms with Crippen LogP contribution in [-0.4, -0.2) is 50.3 Å². The quantitative estimate of drug-likeness (QED) is 0.891. The van der Waals surface area contributed by atoms with Gasteiger partial charge in [-0.3, -0.25) is 4.79 Å². The van der Waals surface area contributed by atoms with E-state index in [0.29, 0.717) is 24.4 Å². The number of phenols is 1. The summed E-state index contributed by atoms with van der Waals surface area (Å²) in [6.07, 6.45) is 0.845. The van der Waals surface area contributed by atoms with Crippen molar-refractivity contribution in [1.29, 1.82) is 0 Å². The van der Waals surface area contributed by atoms with E-state index in [9.17, 15) is 9.90 Å². The smallest absolute Gasteiger partial charge is 0.254 e. The van der Waals surface area contributed by atoms with Gasteiger partial charge in [0.15, 0.2) is 11.5 Å². The molecule has 3 rings (SSSR count). The fourth-order valence-corrected chi connectivity index (χ4v) is 3.36. The molecule has 1 amide bonds. The molecule has 26 heavy (non-hydrogen) atoms. The second-order valence-electron chi connectivity index (χ2n) is 6.23. The number of nitrogens with zero attached hydrogens (tertiary/aromatic N) is 1. The molecule has 0 aliphatic carbocycles. The van der Waals surface area contributed by atoms with Gasteiger partial charge >= 0.3 is 0 Å². The van der Waals surface area contributed by atoms with Gasteiger partial charge in [-0.25, -0.2) is 0 Å². The Morgan fingerprint density at radius 2 is 1.77 bits per heavy atom. The molecule has 1 atom stereocenters. The molecule has 2 aromatic carbocycles. The molecule has 6 heteroatoms. The highest BCUT2D eigenvalue weighted by atomic mass is 16.5. The van der Waals surface area contributed by atoms with Gasteiger partial charge in [0.2, 0.25) is 0 Å². The van der Waals surface area contributed by atoms with E-state index in [1.165, 1.54) is 13.2 Å². The summed E-state index contributed by atoms with van der Waals surface area (Å²) in [6, 6.07) is 10.4. The molecule has 1 aliphatic rings. The third-order valence-electron chi connectivity index (χ3n) is 4.78. The van der Waals surface area contributed by atoms with Crippen molar-refractivity contribution in [3.8, 4) is 23.0 Å². The zero-order valence-corrected chi connectivity index (χ0v) is 15.2. The number of benzene rings is 2. The summed E-state index contributed by atoms with van der Waals surface area (Å²) in [5.41, 5.74) is 1.49. The van der Waals surface area contributed by atoms with Crippen LogP contribution in [0.2, 0.25) is 0 Å². The van der Waals surface area contributed by atoms with E-state index in [-0.39, 0.29) is 17.6 Å². The molecular formula is C20H23NO5. The van der Waals surface area contributed by atoms with Crippen molar-refractivity contribution in [2.45, 2.75) is 12.3 Å². The first-order valence-corrected chi connectivity index (χ1v) is 8.45. The van der Waals surface area contributed by atoms with Crippen molar-refractivity contribution in [2.75, 3.05) is 34.4 Å². The molecule has 0 bridgehead atoms. The lowest BCUT2D eigenvalue weighted by atomic mass is 9.97. The van der Waals surface area contributed by atoms with Crippen LogP contribution in [0.3, 0.4) is 0 Å². The third-order valence-corrected chi connectivity index (χ3v) is 4.78. The van der Waals surface area contributed by atoms with Crippen LogP contribution >= 0.6 is 0 Å². The Morgan fingerprint density at radius 3 is 2.42 bits per heavy atom. The predicted octanol–water partition coefficient (Wildman–Crippen LogP) is 3.05. The Hall–Kier alpha value is -2.89. The van der Waals surface area contributed by atoms with Gasteiger partial charge in [-0.1, -0.05) is 0 Å². The van der Waals surface area contributed by atoms with Crippen LogP contribution in [0.1, 0.15) is 28.3 Å². The minimum absolute atomic E-state index is 0.0384. The fourth-order valence-electron chi connectivity index (χ4n) is 3.36. The van der Waals surface area contributed by atoms with E-state index in [4.69, 9.17) is 14.2 Å². The van der Waals surface area contributed by atoms with Crippen LogP contribution in [0.15, 0.2) is 36.4 Å². The Morgan fingerprint density at radius 1 is 1.04 bits per heavy atom. The summed E-state index contributed by atoms with van der Waals surface area (Å²) in [5.74, 6) is 1.95. The number of phenolic OH excluding ortho intramolecular Hbond substituents is 1. The molecule has 1 heterocycles. The maximum absolute atomic E-state index is 12.8. The number of hydrogen-bond donors (Lipinski definition) is 1. The average molecular weight is 357 g/mol. The molecule has 1 unspecified atom stereocenters. The van der Waals surface area contributed by atoms with Crippen LogP contribution in [-0.2, 0) is 0 Å². The molecule has 138 valence electrons. The van der Waals surface area contributed by atoms with E-state index in [0.717, 1.165) is 23.5 Å². The van der Waals surface area contributed by atoms with E-state index >= 15 is 0 Å². The van der Waals surface area contributed by atoms with Gasteiger partial charge < -0.3 is 24.2 Å². The van der Waals surface area contributed by atoms with Crippen LogP contribution < -0.4 is 14.2 Å². The van der Waals surface area contributed by atoms with E-state index in [1.54, 1.807) is 31.3 Å². The largest absolute Gasteiger partial charge is 0.504 e. The highest BCUT2D eigenvalue weighted by molar-refractivity contribution is 5.95. The van der Waals surface area contributed by atoms with Crippen molar-refractivity contribution >= 4 is 5.91 Å². The summed E-state index contributed by atoms with van der Waals surface area (Å²) in [6.45, 7) is 1.24. The molecule has 6 nitrogen and oxygen atoms in total. The number of methoxy groups -OCH3 is 3. The van der Waals surface area contributed by atoms with Gasteiger partial charge in [-0.05, 0) is 42.8 Å². The number of rotatable bonds is 5. The zero-order valence-electron chi connectivity index (χ0n) is 15.2. The van der Waals surface area contributed by atoms with Crippen molar-refractivity contribution in [3.63, 3.8) is 0 Å². The molecule has 0 radical (unpaired) electrons. The van der Waals surface area contributed by atoms with E-state index in [2.05, 4.69) is 0 Å². The topological polar surface area (TPSA) is 68.2 Å². The molecule has 1 aliphatic heterocycles. The maximum atomic E-state index is 12.8. The van der Waals surface area contributed by atoms with Crippen molar-refractivity contribution in [2.24, 2.45) is 0 Å². The SMILES string of the molecule is COc1ccc(OC)c(C2CCN(C(=O)c3ccc(OC)c(O)c3)C2)c1. The number of carbonyl (C=O) groups excluding carboxylic acids is 1. The van der Waals surface area contributed by atoms with E-state index in [1.807, 2.05) is 18.2 Å². The predicted molar refractivity (Wildman–Crippen MR) is 97.5 cm³/mol. The van der Waals surface area contributed by atoms with Crippen LogP contribution in [0, 0.1) is 0 Å². The summed E-state index contributed by atoms with van der Waals surface area (Å²) >= 11 is 0. The molecule has 0 spiro atoms. The number of ether oxygens (including phenoxy) is 3. The lowest BCUT2D eigenvalue weighted by Crippen LogP contribution is -2.28. The second kappa shape index (κ2) is 7.56. The molecule has 0 saturated carbocycles. The first-order valence-electron chi connectivity index (χ1n) is 8.45. The molecule has 1 saturated heterocycles. The normalized spacial score (nSPS) is 16.4. The monoisotopic (exact) mass is 357 g/mol. The Kier molecular flexibility index (Phi) is 5.21. The molecule has 1 N–H and O–H groups in total. The standard InChI is InChI=1S/C20H23NO5/c1-24-15-5-7-18(25-2)16(11-15)14-8-9-21(12-14)20(23)13-4-6-19(26-3)17(22)10-13/h4-7,10-11,14,22H,8-9,12H2,1-3H3. The number of hydrogen-bond acceptors (Lipinski definition) is 5. The van der Waals surface area contributed by atoms with Gasteiger partial charge in [-0.15, -0.1) is 0 Å². The average Bonchev–Trinajstić information content (AvgIpc) is 3.16. The second-order valence-corrected chi connectivity index (χ2v) is 6.23. The highest BCUT2D eigenvalue weighted by Gasteiger charge is 2.30. The number of likely N-dealkylation sites (tertiary alicyclic amines) is 1. The Bertz CT molecular complexity index is 805. The minimum Gasteiger partial charge on any atom is -0.504 e. The minimum atomic E-state index is -0.104. The van der Waals surface area contributed by atoms with Crippen LogP contribution in [0.4, 0.5) is 0 Å².